The minimum atomic E-state index is -0.423. The van der Waals surface area contributed by atoms with Gasteiger partial charge in [0.2, 0.25) is 0 Å². The summed E-state index contributed by atoms with van der Waals surface area (Å²) in [6, 6.07) is 12.0. The summed E-state index contributed by atoms with van der Waals surface area (Å²) in [5.41, 5.74) is 1.82. The molecule has 2 N–H and O–H groups in total. The maximum Gasteiger partial charge on any atom is 0.253 e. The number of benzene rings is 2. The Hall–Kier alpha value is -3.06. The lowest BCUT2D eigenvalue weighted by Crippen LogP contribution is -2.28. The van der Waals surface area contributed by atoms with Gasteiger partial charge in [0.1, 0.15) is 17.6 Å². The number of nitrogens with one attached hydrogen (secondary N) is 2. The third-order valence-electron chi connectivity index (χ3n) is 4.87. The SMILES string of the molecule is COc1ccc(OC)c(C(C)NC(=O)c2cccc(NC(=O)C3CCCO3)c2)c1. The Morgan fingerprint density at radius 2 is 1.97 bits per heavy atom. The fourth-order valence-electron chi connectivity index (χ4n) is 3.28. The maximum absolute atomic E-state index is 12.8. The molecule has 2 aromatic carbocycles. The monoisotopic (exact) mass is 398 g/mol. The van der Waals surface area contributed by atoms with Crippen molar-refractivity contribution >= 4 is 17.5 Å². The molecule has 154 valence electrons. The van der Waals surface area contributed by atoms with Crippen molar-refractivity contribution < 1.29 is 23.8 Å². The molecule has 2 atom stereocenters. The van der Waals surface area contributed by atoms with E-state index in [4.69, 9.17) is 14.2 Å². The molecule has 0 bridgehead atoms. The molecule has 2 amide bonds. The number of hydrogen-bond acceptors (Lipinski definition) is 5. The molecule has 2 aromatic rings. The lowest BCUT2D eigenvalue weighted by atomic mass is 10.1. The Labute approximate surface area is 170 Å². The summed E-state index contributed by atoms with van der Waals surface area (Å²) < 4.78 is 16.1. The Morgan fingerprint density at radius 1 is 1.14 bits per heavy atom. The molecule has 1 saturated heterocycles. The van der Waals surface area contributed by atoms with Gasteiger partial charge in [0.25, 0.3) is 11.8 Å². The second kappa shape index (κ2) is 9.43. The molecule has 0 saturated carbocycles. The molecular weight excluding hydrogens is 372 g/mol. The van der Waals surface area contributed by atoms with E-state index in [0.29, 0.717) is 35.8 Å². The second-order valence-corrected chi connectivity index (χ2v) is 6.87. The predicted octanol–water partition coefficient (Wildman–Crippen LogP) is 3.31. The van der Waals surface area contributed by atoms with Crippen molar-refractivity contribution in [3.8, 4) is 11.5 Å². The first-order chi connectivity index (χ1) is 14.0. The smallest absolute Gasteiger partial charge is 0.253 e. The molecule has 1 heterocycles. The molecule has 1 fully saturated rings. The van der Waals surface area contributed by atoms with Crippen molar-refractivity contribution in [2.45, 2.75) is 31.9 Å². The van der Waals surface area contributed by atoms with E-state index in [1.165, 1.54) is 0 Å². The van der Waals surface area contributed by atoms with Crippen LogP contribution in [0.1, 0.15) is 41.7 Å². The average molecular weight is 398 g/mol. The van der Waals surface area contributed by atoms with Gasteiger partial charge in [-0.1, -0.05) is 6.07 Å². The van der Waals surface area contributed by atoms with Crippen LogP contribution in [0.15, 0.2) is 42.5 Å². The summed E-state index contributed by atoms with van der Waals surface area (Å²) in [5, 5.41) is 5.78. The normalized spacial score (nSPS) is 16.7. The molecule has 2 unspecified atom stereocenters. The largest absolute Gasteiger partial charge is 0.497 e. The van der Waals surface area contributed by atoms with Crippen LogP contribution in [0.2, 0.25) is 0 Å². The highest BCUT2D eigenvalue weighted by atomic mass is 16.5. The zero-order valence-electron chi connectivity index (χ0n) is 16.9. The summed E-state index contributed by atoms with van der Waals surface area (Å²) in [6.07, 6.45) is 1.17. The van der Waals surface area contributed by atoms with E-state index in [-0.39, 0.29) is 17.9 Å². The molecule has 0 spiro atoms. The number of hydrogen-bond donors (Lipinski definition) is 2. The maximum atomic E-state index is 12.8. The molecule has 3 rings (SSSR count). The molecule has 0 aromatic heterocycles. The van der Waals surface area contributed by atoms with Gasteiger partial charge in [0.05, 0.1) is 20.3 Å². The number of ether oxygens (including phenoxy) is 3. The number of carbonyl (C=O) groups is 2. The number of rotatable bonds is 7. The minimum Gasteiger partial charge on any atom is -0.497 e. The van der Waals surface area contributed by atoms with Crippen molar-refractivity contribution in [3.63, 3.8) is 0 Å². The average Bonchev–Trinajstić information content (AvgIpc) is 3.28. The zero-order valence-corrected chi connectivity index (χ0v) is 16.9. The summed E-state index contributed by atoms with van der Waals surface area (Å²) in [7, 11) is 3.17. The third-order valence-corrected chi connectivity index (χ3v) is 4.87. The first-order valence-electron chi connectivity index (χ1n) is 9.57. The van der Waals surface area contributed by atoms with Gasteiger partial charge in [-0.2, -0.15) is 0 Å². The Kier molecular flexibility index (Phi) is 6.72. The van der Waals surface area contributed by atoms with Gasteiger partial charge in [-0.15, -0.1) is 0 Å². The fourth-order valence-corrected chi connectivity index (χ4v) is 3.28. The molecule has 1 aliphatic heterocycles. The first-order valence-corrected chi connectivity index (χ1v) is 9.57. The van der Waals surface area contributed by atoms with Crippen LogP contribution in [0.25, 0.3) is 0 Å². The van der Waals surface area contributed by atoms with Gasteiger partial charge in [0.15, 0.2) is 0 Å². The van der Waals surface area contributed by atoms with Crippen LogP contribution in [0, 0.1) is 0 Å². The van der Waals surface area contributed by atoms with Gasteiger partial charge in [-0.05, 0) is 56.2 Å². The first kappa shape index (κ1) is 20.7. The molecule has 0 radical (unpaired) electrons. The molecule has 1 aliphatic rings. The van der Waals surface area contributed by atoms with E-state index in [0.717, 1.165) is 12.0 Å². The van der Waals surface area contributed by atoms with Crippen LogP contribution in [0.5, 0.6) is 11.5 Å². The van der Waals surface area contributed by atoms with E-state index in [1.807, 2.05) is 13.0 Å². The Morgan fingerprint density at radius 3 is 2.66 bits per heavy atom. The fraction of sp³-hybridized carbons (Fsp3) is 0.364. The van der Waals surface area contributed by atoms with E-state index in [9.17, 15) is 9.59 Å². The topological polar surface area (TPSA) is 85.9 Å². The van der Waals surface area contributed by atoms with E-state index >= 15 is 0 Å². The van der Waals surface area contributed by atoms with Crippen molar-refractivity contribution in [2.24, 2.45) is 0 Å². The van der Waals surface area contributed by atoms with Crippen molar-refractivity contribution in [2.75, 3.05) is 26.1 Å². The lowest BCUT2D eigenvalue weighted by molar-refractivity contribution is -0.124. The summed E-state index contributed by atoms with van der Waals surface area (Å²) in [4.78, 5) is 25.0. The van der Waals surface area contributed by atoms with Crippen LogP contribution in [-0.4, -0.2) is 38.7 Å². The van der Waals surface area contributed by atoms with Crippen molar-refractivity contribution in [1.82, 2.24) is 5.32 Å². The molecule has 0 aliphatic carbocycles. The van der Waals surface area contributed by atoms with E-state index in [2.05, 4.69) is 10.6 Å². The zero-order chi connectivity index (χ0) is 20.8. The van der Waals surface area contributed by atoms with Crippen LogP contribution in [0.4, 0.5) is 5.69 Å². The van der Waals surface area contributed by atoms with Gasteiger partial charge in [-0.3, -0.25) is 9.59 Å². The van der Waals surface area contributed by atoms with Crippen LogP contribution < -0.4 is 20.1 Å². The Balaban J connectivity index is 1.70. The minimum absolute atomic E-state index is 0.186. The standard InChI is InChI=1S/C22H26N2O5/c1-14(18-13-17(27-2)9-10-19(18)28-3)23-21(25)15-6-4-7-16(12-15)24-22(26)20-8-5-11-29-20/h4,6-7,9-10,12-14,20H,5,8,11H2,1-3H3,(H,23,25)(H,24,26). The van der Waals surface area contributed by atoms with Crippen molar-refractivity contribution in [3.05, 3.63) is 53.6 Å². The number of anilines is 1. The molecule has 7 nitrogen and oxygen atoms in total. The van der Waals surface area contributed by atoms with Crippen LogP contribution in [0.3, 0.4) is 0 Å². The lowest BCUT2D eigenvalue weighted by Gasteiger charge is -2.18. The van der Waals surface area contributed by atoms with Gasteiger partial charge >= 0.3 is 0 Å². The molecule has 7 heteroatoms. The predicted molar refractivity (Wildman–Crippen MR) is 109 cm³/mol. The highest BCUT2D eigenvalue weighted by Gasteiger charge is 2.24. The van der Waals surface area contributed by atoms with Crippen LogP contribution >= 0.6 is 0 Å². The molecular formula is C22H26N2O5. The highest BCUT2D eigenvalue weighted by Crippen LogP contribution is 2.29. The van der Waals surface area contributed by atoms with Crippen molar-refractivity contribution in [1.29, 1.82) is 0 Å². The second-order valence-electron chi connectivity index (χ2n) is 6.87. The summed E-state index contributed by atoms with van der Waals surface area (Å²) in [6.45, 7) is 2.48. The molecule has 29 heavy (non-hydrogen) atoms. The number of methoxy groups -OCH3 is 2. The summed E-state index contributed by atoms with van der Waals surface area (Å²) >= 11 is 0. The van der Waals surface area contributed by atoms with Gasteiger partial charge in [-0.25, -0.2) is 0 Å². The van der Waals surface area contributed by atoms with Crippen LogP contribution in [-0.2, 0) is 9.53 Å². The highest BCUT2D eigenvalue weighted by molar-refractivity contribution is 5.98. The number of amides is 2. The van der Waals surface area contributed by atoms with Gasteiger partial charge < -0.3 is 24.8 Å². The quantitative estimate of drug-likeness (QED) is 0.747. The Bertz CT molecular complexity index is 877. The van der Waals surface area contributed by atoms with E-state index in [1.54, 1.807) is 50.6 Å². The third kappa shape index (κ3) is 5.06. The van der Waals surface area contributed by atoms with E-state index < -0.39 is 6.10 Å². The summed E-state index contributed by atoms with van der Waals surface area (Å²) in [5.74, 6) is 0.905. The van der Waals surface area contributed by atoms with Gasteiger partial charge in [0, 0.05) is 23.4 Å². The number of carbonyl (C=O) groups excluding carboxylic acids is 2.